The summed E-state index contributed by atoms with van der Waals surface area (Å²) in [4.78, 5) is 15.0. The summed E-state index contributed by atoms with van der Waals surface area (Å²) in [5.74, 6) is -0.961. The van der Waals surface area contributed by atoms with Crippen molar-refractivity contribution in [1.82, 2.24) is 9.55 Å². The van der Waals surface area contributed by atoms with Gasteiger partial charge in [0.1, 0.15) is 5.82 Å². The Morgan fingerprint density at radius 2 is 2.10 bits per heavy atom. The number of aromatic carboxylic acids is 1. The second kappa shape index (κ2) is 5.59. The number of halogens is 3. The number of imidazole rings is 1. The highest BCUT2D eigenvalue weighted by atomic mass is 19.4. The van der Waals surface area contributed by atoms with E-state index in [1.807, 2.05) is 11.5 Å². The van der Waals surface area contributed by atoms with E-state index in [9.17, 15) is 18.0 Å². The first-order chi connectivity index (χ1) is 9.82. The molecule has 1 aromatic heterocycles. The van der Waals surface area contributed by atoms with Gasteiger partial charge in [-0.3, -0.25) is 0 Å². The maximum absolute atomic E-state index is 12.9. The number of carboxylic acid groups (broad SMARTS) is 1. The minimum Gasteiger partial charge on any atom is -0.478 e. The molecule has 0 aliphatic rings. The monoisotopic (exact) mass is 298 g/mol. The SMILES string of the molecule is CCn1ccnc1Cc1ccc(C(=O)O)c(C(F)(F)F)c1. The Hall–Kier alpha value is -2.31. The second-order valence-corrected chi connectivity index (χ2v) is 4.49. The van der Waals surface area contributed by atoms with E-state index >= 15 is 0 Å². The molecule has 0 aliphatic carbocycles. The first-order valence-electron chi connectivity index (χ1n) is 6.26. The van der Waals surface area contributed by atoms with E-state index in [1.165, 1.54) is 6.07 Å². The topological polar surface area (TPSA) is 55.1 Å². The first-order valence-corrected chi connectivity index (χ1v) is 6.26. The number of benzene rings is 1. The number of hydrogen-bond donors (Lipinski definition) is 1. The van der Waals surface area contributed by atoms with Gasteiger partial charge in [-0.2, -0.15) is 13.2 Å². The van der Waals surface area contributed by atoms with Gasteiger partial charge in [0.25, 0.3) is 0 Å². The lowest BCUT2D eigenvalue weighted by Gasteiger charge is -2.12. The molecule has 4 nitrogen and oxygen atoms in total. The smallest absolute Gasteiger partial charge is 0.417 e. The van der Waals surface area contributed by atoms with Crippen molar-refractivity contribution < 1.29 is 23.1 Å². The van der Waals surface area contributed by atoms with Crippen LogP contribution >= 0.6 is 0 Å². The molecule has 7 heteroatoms. The van der Waals surface area contributed by atoms with Crippen molar-refractivity contribution in [2.24, 2.45) is 0 Å². The zero-order valence-corrected chi connectivity index (χ0v) is 11.2. The van der Waals surface area contributed by atoms with Gasteiger partial charge in [-0.1, -0.05) is 6.07 Å². The number of alkyl halides is 3. The normalized spacial score (nSPS) is 11.6. The molecule has 0 atom stereocenters. The molecule has 0 bridgehead atoms. The Labute approximate surface area is 118 Å². The van der Waals surface area contributed by atoms with Crippen molar-refractivity contribution in [2.75, 3.05) is 0 Å². The molecule has 112 valence electrons. The van der Waals surface area contributed by atoms with Crippen molar-refractivity contribution in [2.45, 2.75) is 26.1 Å². The van der Waals surface area contributed by atoms with Gasteiger partial charge >= 0.3 is 12.1 Å². The van der Waals surface area contributed by atoms with E-state index in [0.29, 0.717) is 17.9 Å². The van der Waals surface area contributed by atoms with Crippen LogP contribution in [0.4, 0.5) is 13.2 Å². The van der Waals surface area contributed by atoms with E-state index in [4.69, 9.17) is 5.11 Å². The molecule has 0 aliphatic heterocycles. The van der Waals surface area contributed by atoms with Gasteiger partial charge in [0.05, 0.1) is 11.1 Å². The molecule has 0 saturated carbocycles. The minimum atomic E-state index is -4.70. The van der Waals surface area contributed by atoms with Crippen LogP contribution in [0.25, 0.3) is 0 Å². The summed E-state index contributed by atoms with van der Waals surface area (Å²) in [6, 6.07) is 3.24. The molecule has 2 rings (SSSR count). The zero-order chi connectivity index (χ0) is 15.6. The van der Waals surface area contributed by atoms with Crippen molar-refractivity contribution in [1.29, 1.82) is 0 Å². The molecule has 1 N–H and O–H groups in total. The van der Waals surface area contributed by atoms with Gasteiger partial charge in [0.15, 0.2) is 0 Å². The quantitative estimate of drug-likeness (QED) is 0.943. The van der Waals surface area contributed by atoms with Crippen molar-refractivity contribution in [3.63, 3.8) is 0 Å². The van der Waals surface area contributed by atoms with Crippen LogP contribution in [0, 0.1) is 0 Å². The van der Waals surface area contributed by atoms with Gasteiger partial charge < -0.3 is 9.67 Å². The summed E-state index contributed by atoms with van der Waals surface area (Å²) in [6.45, 7) is 2.56. The van der Waals surface area contributed by atoms with Crippen LogP contribution in [-0.2, 0) is 19.1 Å². The van der Waals surface area contributed by atoms with E-state index in [-0.39, 0.29) is 6.42 Å². The lowest BCUT2D eigenvalue weighted by atomic mass is 10.0. The summed E-state index contributed by atoms with van der Waals surface area (Å²) in [5.41, 5.74) is -1.51. The maximum Gasteiger partial charge on any atom is 0.417 e. The summed E-state index contributed by atoms with van der Waals surface area (Å²) in [6.07, 6.45) is -1.17. The Balaban J connectivity index is 2.41. The van der Waals surface area contributed by atoms with Gasteiger partial charge in [0.2, 0.25) is 0 Å². The third-order valence-corrected chi connectivity index (χ3v) is 3.12. The summed E-state index contributed by atoms with van der Waals surface area (Å²) in [7, 11) is 0. The van der Waals surface area contributed by atoms with Crippen LogP contribution in [0.1, 0.15) is 34.2 Å². The third-order valence-electron chi connectivity index (χ3n) is 3.12. The second-order valence-electron chi connectivity index (χ2n) is 4.49. The van der Waals surface area contributed by atoms with Crippen LogP contribution < -0.4 is 0 Å². The molecule has 0 amide bonds. The Kier molecular flexibility index (Phi) is 4.02. The van der Waals surface area contributed by atoms with Crippen LogP contribution in [0.3, 0.4) is 0 Å². The summed E-state index contributed by atoms with van der Waals surface area (Å²) in [5, 5.41) is 8.84. The zero-order valence-electron chi connectivity index (χ0n) is 11.2. The van der Waals surface area contributed by atoms with Crippen molar-refractivity contribution in [3.8, 4) is 0 Å². The van der Waals surface area contributed by atoms with E-state index < -0.39 is 23.3 Å². The number of carboxylic acids is 1. The number of aromatic nitrogens is 2. The fraction of sp³-hybridized carbons (Fsp3) is 0.286. The fourth-order valence-corrected chi connectivity index (χ4v) is 2.10. The molecule has 2 aromatic rings. The van der Waals surface area contributed by atoms with Crippen molar-refractivity contribution in [3.05, 3.63) is 53.1 Å². The number of aryl methyl sites for hydroxylation is 1. The fourth-order valence-electron chi connectivity index (χ4n) is 2.10. The molecular weight excluding hydrogens is 285 g/mol. The van der Waals surface area contributed by atoms with Crippen LogP contribution in [0.15, 0.2) is 30.6 Å². The van der Waals surface area contributed by atoms with Gasteiger partial charge in [-0.05, 0) is 24.6 Å². The third kappa shape index (κ3) is 3.24. The lowest BCUT2D eigenvalue weighted by molar-refractivity contribution is -0.138. The minimum absolute atomic E-state index is 0.212. The number of carbonyl (C=O) groups is 1. The first kappa shape index (κ1) is 15.1. The average Bonchev–Trinajstić information content (AvgIpc) is 2.84. The van der Waals surface area contributed by atoms with Crippen molar-refractivity contribution >= 4 is 5.97 Å². The van der Waals surface area contributed by atoms with Gasteiger partial charge in [0, 0.05) is 25.4 Å². The van der Waals surface area contributed by atoms with E-state index in [1.54, 1.807) is 12.4 Å². The number of nitrogens with zero attached hydrogens (tertiary/aromatic N) is 2. The highest BCUT2D eigenvalue weighted by Crippen LogP contribution is 2.33. The highest BCUT2D eigenvalue weighted by Gasteiger charge is 2.35. The number of rotatable bonds is 4. The van der Waals surface area contributed by atoms with E-state index in [2.05, 4.69) is 4.98 Å². The van der Waals surface area contributed by atoms with Crippen LogP contribution in [0.5, 0.6) is 0 Å². The summed E-state index contributed by atoms with van der Waals surface area (Å²) < 4.78 is 40.6. The molecule has 0 saturated heterocycles. The standard InChI is InChI=1S/C14H13F3N2O2/c1-2-19-6-5-18-12(19)8-9-3-4-10(13(20)21)11(7-9)14(15,16)17/h3-7H,2,8H2,1H3,(H,20,21). The maximum atomic E-state index is 12.9. The Morgan fingerprint density at radius 1 is 1.38 bits per heavy atom. The van der Waals surface area contributed by atoms with E-state index in [0.717, 1.165) is 12.1 Å². The molecular formula is C14H13F3N2O2. The molecule has 21 heavy (non-hydrogen) atoms. The molecule has 0 unspecified atom stereocenters. The lowest BCUT2D eigenvalue weighted by Crippen LogP contribution is -2.14. The highest BCUT2D eigenvalue weighted by molar-refractivity contribution is 5.89. The molecule has 0 spiro atoms. The molecule has 0 fully saturated rings. The predicted molar refractivity (Wildman–Crippen MR) is 69.1 cm³/mol. The van der Waals surface area contributed by atoms with Gasteiger partial charge in [-0.25, -0.2) is 9.78 Å². The Morgan fingerprint density at radius 3 is 2.67 bits per heavy atom. The van der Waals surface area contributed by atoms with Crippen LogP contribution in [-0.4, -0.2) is 20.6 Å². The predicted octanol–water partition coefficient (Wildman–Crippen LogP) is 3.21. The number of hydrogen-bond acceptors (Lipinski definition) is 2. The average molecular weight is 298 g/mol. The molecule has 1 aromatic carbocycles. The van der Waals surface area contributed by atoms with Gasteiger partial charge in [-0.15, -0.1) is 0 Å². The largest absolute Gasteiger partial charge is 0.478 e. The summed E-state index contributed by atoms with van der Waals surface area (Å²) >= 11 is 0. The Bertz CT molecular complexity index is 662. The molecule has 0 radical (unpaired) electrons. The molecule has 1 heterocycles. The van der Waals surface area contributed by atoms with Crippen LogP contribution in [0.2, 0.25) is 0 Å².